The van der Waals surface area contributed by atoms with Crippen molar-refractivity contribution >= 4 is 5.91 Å². The minimum atomic E-state index is -0.105. The molecule has 0 aliphatic carbocycles. The molecule has 1 fully saturated rings. The molecule has 0 aromatic carbocycles. The molecular formula is C10H20N2O2. The molecule has 0 aromatic heterocycles. The first-order valence-corrected chi connectivity index (χ1v) is 5.20. The van der Waals surface area contributed by atoms with Crippen LogP contribution in [-0.2, 0) is 9.53 Å². The first kappa shape index (κ1) is 11.5. The van der Waals surface area contributed by atoms with Crippen molar-refractivity contribution in [2.24, 2.45) is 5.92 Å². The number of ether oxygens (including phenoxy) is 1. The van der Waals surface area contributed by atoms with E-state index in [1.165, 1.54) is 0 Å². The number of hydrogen-bond acceptors (Lipinski definition) is 3. The topological polar surface area (TPSA) is 50.4 Å². The second-order valence-corrected chi connectivity index (χ2v) is 4.06. The Morgan fingerprint density at radius 3 is 2.64 bits per heavy atom. The van der Waals surface area contributed by atoms with Gasteiger partial charge in [0.2, 0.25) is 5.91 Å². The monoisotopic (exact) mass is 200 g/mol. The summed E-state index contributed by atoms with van der Waals surface area (Å²) in [6.07, 6.45) is 1.00. The minimum absolute atomic E-state index is 0.0619. The molecule has 82 valence electrons. The number of likely N-dealkylation sites (N-methyl/N-ethyl adjacent to an activating group) is 1. The Balaban J connectivity index is 2.45. The molecule has 0 saturated carbocycles. The van der Waals surface area contributed by atoms with E-state index in [1.807, 2.05) is 13.8 Å². The lowest BCUT2D eigenvalue weighted by Crippen LogP contribution is -2.50. The van der Waals surface area contributed by atoms with Gasteiger partial charge in [-0.3, -0.25) is 4.79 Å². The fourth-order valence-corrected chi connectivity index (χ4v) is 1.65. The van der Waals surface area contributed by atoms with Crippen LogP contribution in [0.2, 0.25) is 0 Å². The van der Waals surface area contributed by atoms with Gasteiger partial charge in [-0.05, 0) is 12.3 Å². The van der Waals surface area contributed by atoms with Gasteiger partial charge in [0.1, 0.15) is 0 Å². The average Bonchev–Trinajstić information content (AvgIpc) is 2.65. The lowest BCUT2D eigenvalue weighted by Gasteiger charge is -2.23. The highest BCUT2D eigenvalue weighted by atomic mass is 16.5. The molecule has 2 unspecified atom stereocenters. The van der Waals surface area contributed by atoms with Gasteiger partial charge in [0, 0.05) is 19.7 Å². The van der Waals surface area contributed by atoms with Crippen molar-refractivity contribution in [3.05, 3.63) is 0 Å². The zero-order valence-electron chi connectivity index (χ0n) is 9.17. The lowest BCUT2D eigenvalue weighted by atomic mass is 10.0. The summed E-state index contributed by atoms with van der Waals surface area (Å²) in [5, 5.41) is 6.01. The van der Waals surface area contributed by atoms with Crippen molar-refractivity contribution in [1.82, 2.24) is 10.6 Å². The lowest BCUT2D eigenvalue weighted by molar-refractivity contribution is -0.123. The summed E-state index contributed by atoms with van der Waals surface area (Å²) < 4.78 is 5.26. The molecule has 0 bridgehead atoms. The van der Waals surface area contributed by atoms with Gasteiger partial charge < -0.3 is 15.4 Å². The van der Waals surface area contributed by atoms with Crippen LogP contribution in [0.1, 0.15) is 20.3 Å². The first-order chi connectivity index (χ1) is 6.65. The van der Waals surface area contributed by atoms with Crippen molar-refractivity contribution in [2.75, 3.05) is 20.3 Å². The second-order valence-electron chi connectivity index (χ2n) is 4.06. The predicted molar refractivity (Wildman–Crippen MR) is 55.1 cm³/mol. The maximum Gasteiger partial charge on any atom is 0.237 e. The van der Waals surface area contributed by atoms with E-state index >= 15 is 0 Å². The molecule has 0 spiro atoms. The summed E-state index contributed by atoms with van der Waals surface area (Å²) in [5.74, 6) is 0.363. The zero-order chi connectivity index (χ0) is 10.6. The second kappa shape index (κ2) is 5.32. The van der Waals surface area contributed by atoms with Crippen molar-refractivity contribution in [3.8, 4) is 0 Å². The summed E-state index contributed by atoms with van der Waals surface area (Å²) in [7, 11) is 1.67. The third-order valence-electron chi connectivity index (χ3n) is 2.54. The van der Waals surface area contributed by atoms with Gasteiger partial charge in [-0.25, -0.2) is 0 Å². The van der Waals surface area contributed by atoms with Gasteiger partial charge in [0.05, 0.1) is 12.6 Å². The molecule has 2 atom stereocenters. The molecule has 14 heavy (non-hydrogen) atoms. The number of nitrogens with one attached hydrogen (secondary N) is 2. The largest absolute Gasteiger partial charge is 0.380 e. The van der Waals surface area contributed by atoms with Gasteiger partial charge in [-0.1, -0.05) is 13.8 Å². The Labute approximate surface area is 85.4 Å². The van der Waals surface area contributed by atoms with Crippen LogP contribution < -0.4 is 10.6 Å². The maximum absolute atomic E-state index is 11.5. The number of carbonyl (C=O) groups is 1. The van der Waals surface area contributed by atoms with E-state index in [0.717, 1.165) is 19.6 Å². The van der Waals surface area contributed by atoms with Gasteiger partial charge in [0.25, 0.3) is 0 Å². The summed E-state index contributed by atoms with van der Waals surface area (Å²) >= 11 is 0. The zero-order valence-corrected chi connectivity index (χ0v) is 9.17. The van der Waals surface area contributed by atoms with Crippen molar-refractivity contribution in [3.63, 3.8) is 0 Å². The molecule has 1 heterocycles. The molecule has 0 radical (unpaired) electrons. The van der Waals surface area contributed by atoms with Crippen LogP contribution in [0.5, 0.6) is 0 Å². The maximum atomic E-state index is 11.5. The summed E-state index contributed by atoms with van der Waals surface area (Å²) in [6.45, 7) is 5.61. The quantitative estimate of drug-likeness (QED) is 0.678. The number of amides is 1. The molecule has 1 rings (SSSR count). The molecule has 0 aromatic rings. The molecule has 1 amide bonds. The Hall–Kier alpha value is -0.610. The Morgan fingerprint density at radius 2 is 2.21 bits per heavy atom. The normalized spacial score (nSPS) is 23.9. The van der Waals surface area contributed by atoms with E-state index < -0.39 is 0 Å². The van der Waals surface area contributed by atoms with Gasteiger partial charge in [-0.2, -0.15) is 0 Å². The highest BCUT2D eigenvalue weighted by Crippen LogP contribution is 2.08. The average molecular weight is 200 g/mol. The predicted octanol–water partition coefficient (Wildman–Crippen LogP) is 0.135. The summed E-state index contributed by atoms with van der Waals surface area (Å²) in [5.41, 5.74) is 0. The van der Waals surface area contributed by atoms with Crippen LogP contribution in [-0.4, -0.2) is 38.3 Å². The Morgan fingerprint density at radius 1 is 1.50 bits per heavy atom. The van der Waals surface area contributed by atoms with Crippen LogP contribution in [0.3, 0.4) is 0 Å². The van der Waals surface area contributed by atoms with Crippen LogP contribution in [0, 0.1) is 5.92 Å². The van der Waals surface area contributed by atoms with Crippen molar-refractivity contribution < 1.29 is 9.53 Å². The van der Waals surface area contributed by atoms with Crippen LogP contribution >= 0.6 is 0 Å². The SMILES string of the molecule is CNC(=O)C(NC1CCOC1)C(C)C. The first-order valence-electron chi connectivity index (χ1n) is 5.20. The van der Waals surface area contributed by atoms with E-state index in [-0.39, 0.29) is 11.9 Å². The summed E-state index contributed by atoms with van der Waals surface area (Å²) in [6, 6.07) is 0.228. The fourth-order valence-electron chi connectivity index (χ4n) is 1.65. The van der Waals surface area contributed by atoms with Crippen molar-refractivity contribution in [2.45, 2.75) is 32.4 Å². The number of hydrogen-bond donors (Lipinski definition) is 2. The molecule has 2 N–H and O–H groups in total. The van der Waals surface area contributed by atoms with Gasteiger partial charge in [-0.15, -0.1) is 0 Å². The van der Waals surface area contributed by atoms with Crippen LogP contribution in [0.25, 0.3) is 0 Å². The van der Waals surface area contributed by atoms with Gasteiger partial charge in [0.15, 0.2) is 0 Å². The third kappa shape index (κ3) is 2.96. The van der Waals surface area contributed by atoms with E-state index in [9.17, 15) is 4.79 Å². The fraction of sp³-hybridized carbons (Fsp3) is 0.900. The summed E-state index contributed by atoms with van der Waals surface area (Å²) in [4.78, 5) is 11.5. The number of carbonyl (C=O) groups excluding carboxylic acids is 1. The third-order valence-corrected chi connectivity index (χ3v) is 2.54. The Bertz CT molecular complexity index is 189. The molecule has 4 heteroatoms. The van der Waals surface area contributed by atoms with E-state index in [2.05, 4.69) is 10.6 Å². The van der Waals surface area contributed by atoms with Crippen molar-refractivity contribution in [1.29, 1.82) is 0 Å². The highest BCUT2D eigenvalue weighted by molar-refractivity contribution is 5.81. The molecule has 1 aliphatic rings. The van der Waals surface area contributed by atoms with Crippen LogP contribution in [0.4, 0.5) is 0 Å². The smallest absolute Gasteiger partial charge is 0.237 e. The number of rotatable bonds is 4. The van der Waals surface area contributed by atoms with E-state index in [4.69, 9.17) is 4.74 Å². The minimum Gasteiger partial charge on any atom is -0.380 e. The molecule has 1 aliphatic heterocycles. The standard InChI is InChI=1S/C10H20N2O2/c1-7(2)9(10(13)11-3)12-8-4-5-14-6-8/h7-9,12H,4-6H2,1-3H3,(H,11,13). The van der Waals surface area contributed by atoms with E-state index in [1.54, 1.807) is 7.05 Å². The molecule has 4 nitrogen and oxygen atoms in total. The Kier molecular flexibility index (Phi) is 4.35. The van der Waals surface area contributed by atoms with Gasteiger partial charge >= 0.3 is 0 Å². The molecule has 1 saturated heterocycles. The van der Waals surface area contributed by atoms with Crippen LogP contribution in [0.15, 0.2) is 0 Å². The highest BCUT2D eigenvalue weighted by Gasteiger charge is 2.26. The van der Waals surface area contributed by atoms with E-state index in [0.29, 0.717) is 12.0 Å². The molecular weight excluding hydrogens is 180 g/mol.